The molecule has 1 aromatic rings. The van der Waals surface area contributed by atoms with Crippen LogP contribution in [-0.4, -0.2) is 11.7 Å². The minimum atomic E-state index is -0.399. The molecule has 2 nitrogen and oxygen atoms in total. The molecule has 0 amide bonds. The second-order valence-electron chi connectivity index (χ2n) is 2.72. The van der Waals surface area contributed by atoms with Crippen LogP contribution in [0.3, 0.4) is 0 Å². The molecule has 0 radical (unpaired) electrons. The number of rotatable bonds is 1. The van der Waals surface area contributed by atoms with Crippen molar-refractivity contribution < 1.29 is 27.3 Å². The smallest absolute Gasteiger partial charge is 0.873 e. The maximum atomic E-state index is 10.6. The molecule has 0 atom stereocenters. The molecule has 0 fully saturated rings. The first kappa shape index (κ1) is 13.8. The molecule has 1 N–H and O–H groups in total. The Labute approximate surface area is 100 Å². The number of aliphatic hydroxyl groups is 1. The molecule has 0 heterocycles. The third-order valence-corrected chi connectivity index (χ3v) is 1.68. The van der Waals surface area contributed by atoms with Crippen LogP contribution in [0.25, 0.3) is 0 Å². The van der Waals surface area contributed by atoms with E-state index in [1.165, 1.54) is 0 Å². The van der Waals surface area contributed by atoms with Gasteiger partial charge < -0.3 is 10.2 Å². The average molecular weight is 244 g/mol. The minimum absolute atomic E-state index is 0. The molecule has 15 heavy (non-hydrogen) atoms. The Morgan fingerprint density at radius 1 is 1.20 bits per heavy atom. The maximum absolute atomic E-state index is 10.6. The van der Waals surface area contributed by atoms with Gasteiger partial charge in [-0.25, -0.2) is 12.1 Å². The van der Waals surface area contributed by atoms with E-state index in [0.29, 0.717) is 5.57 Å². The number of aliphatic hydroxyl groups excluding tert-OH is 1. The van der Waals surface area contributed by atoms with Crippen LogP contribution in [0.4, 0.5) is 0 Å². The van der Waals surface area contributed by atoms with Crippen molar-refractivity contribution >= 4 is 0 Å². The zero-order valence-corrected chi connectivity index (χ0v) is 9.22. The number of hydrogen-bond donors (Lipinski definition) is 1. The van der Waals surface area contributed by atoms with Crippen LogP contribution in [0, 0.1) is 0 Å². The Morgan fingerprint density at radius 3 is 2.07 bits per heavy atom. The molecule has 3 heteroatoms. The Bertz CT molecular complexity index is 303. The molecule has 0 saturated heterocycles. The summed E-state index contributed by atoms with van der Waals surface area (Å²) in [5.41, 5.74) is 0.581. The summed E-state index contributed by atoms with van der Waals surface area (Å²) in [5, 5.41) is 19.0. The third kappa shape index (κ3) is 5.33. The van der Waals surface area contributed by atoms with Gasteiger partial charge in [0.2, 0.25) is 0 Å². The zero-order valence-electron chi connectivity index (χ0n) is 8.11. The van der Waals surface area contributed by atoms with E-state index in [1.807, 2.05) is 30.3 Å². The van der Waals surface area contributed by atoms with Gasteiger partial charge in [-0.3, -0.25) is 0 Å². The summed E-state index contributed by atoms with van der Waals surface area (Å²) in [5.74, 6) is -0.222. The quantitative estimate of drug-likeness (QED) is 0.457. The van der Waals surface area contributed by atoms with Gasteiger partial charge in [-0.2, -0.15) is 18.2 Å². The molecular weight excluding hydrogens is 232 g/mol. The average Bonchev–Trinajstić information content (AvgIpc) is 2.91. The van der Waals surface area contributed by atoms with Crippen LogP contribution in [0.5, 0.6) is 0 Å². The van der Waals surface area contributed by atoms with Crippen LogP contribution in [-0.2, 0) is 17.1 Å². The number of allylic oxidation sites excluding steroid dienone is 5. The van der Waals surface area contributed by atoms with Gasteiger partial charge in [0.15, 0.2) is 0 Å². The van der Waals surface area contributed by atoms with E-state index >= 15 is 0 Å². The van der Waals surface area contributed by atoms with Crippen molar-refractivity contribution in [3.8, 4) is 0 Å². The Hall–Kier alpha value is -1.15. The van der Waals surface area contributed by atoms with E-state index in [4.69, 9.17) is 5.11 Å². The van der Waals surface area contributed by atoms with Gasteiger partial charge in [0.25, 0.3) is 0 Å². The predicted molar refractivity (Wildman–Crippen MR) is 54.4 cm³/mol. The van der Waals surface area contributed by atoms with Crippen LogP contribution < -0.4 is 5.11 Å². The standard InChI is InChI=1S/C7H8O2.C5H5.Fe/c8-5-7(9)6-3-1-2-4-6;1-2-4-5-3-1;/h1-4,8-9H,5H2;1-5H;/q;-1;+2/p-1. The monoisotopic (exact) mass is 244 g/mol. The molecule has 0 aromatic heterocycles. The van der Waals surface area contributed by atoms with Crippen LogP contribution in [0.15, 0.2) is 66.0 Å². The van der Waals surface area contributed by atoms with E-state index in [9.17, 15) is 5.11 Å². The molecule has 2 rings (SSSR count). The van der Waals surface area contributed by atoms with Gasteiger partial charge in [0.1, 0.15) is 0 Å². The molecule has 0 bridgehead atoms. The minimum Gasteiger partial charge on any atom is -0.873 e. The van der Waals surface area contributed by atoms with E-state index < -0.39 is 6.61 Å². The fraction of sp³-hybridized carbons (Fsp3) is 0.0833. The van der Waals surface area contributed by atoms with Crippen molar-refractivity contribution in [1.29, 1.82) is 0 Å². The molecule has 1 aromatic carbocycles. The molecule has 0 spiro atoms. The third-order valence-electron chi connectivity index (χ3n) is 1.68. The summed E-state index contributed by atoms with van der Waals surface area (Å²) in [6.45, 7) is -0.399. The second-order valence-corrected chi connectivity index (χ2v) is 2.72. The molecular formula is C12H12FeO2. The van der Waals surface area contributed by atoms with E-state index in [1.54, 1.807) is 24.3 Å². The fourth-order valence-corrected chi connectivity index (χ4v) is 0.972. The topological polar surface area (TPSA) is 43.3 Å². The van der Waals surface area contributed by atoms with E-state index in [2.05, 4.69) is 0 Å². The Kier molecular flexibility index (Phi) is 7.55. The Balaban J connectivity index is 0.000000280. The first-order valence-electron chi connectivity index (χ1n) is 4.37. The molecule has 0 aliphatic heterocycles. The number of hydrogen-bond acceptors (Lipinski definition) is 2. The molecule has 1 aliphatic carbocycles. The summed E-state index contributed by atoms with van der Waals surface area (Å²) in [7, 11) is 0. The summed E-state index contributed by atoms with van der Waals surface area (Å²) < 4.78 is 0. The van der Waals surface area contributed by atoms with Crippen molar-refractivity contribution in [2.75, 3.05) is 6.61 Å². The van der Waals surface area contributed by atoms with Crippen molar-refractivity contribution in [3.63, 3.8) is 0 Å². The van der Waals surface area contributed by atoms with Crippen molar-refractivity contribution in [1.82, 2.24) is 0 Å². The predicted octanol–water partition coefficient (Wildman–Crippen LogP) is 1.12. The van der Waals surface area contributed by atoms with Gasteiger partial charge in [0, 0.05) is 0 Å². The van der Waals surface area contributed by atoms with E-state index in [-0.39, 0.29) is 22.8 Å². The summed E-state index contributed by atoms with van der Waals surface area (Å²) in [4.78, 5) is 0. The van der Waals surface area contributed by atoms with Crippen LogP contribution in [0.2, 0.25) is 0 Å². The van der Waals surface area contributed by atoms with Gasteiger partial charge in [0.05, 0.1) is 6.61 Å². The first-order valence-corrected chi connectivity index (χ1v) is 4.37. The van der Waals surface area contributed by atoms with Crippen molar-refractivity contribution in [2.45, 2.75) is 0 Å². The van der Waals surface area contributed by atoms with Gasteiger partial charge in [-0.05, 0) is 5.57 Å². The Morgan fingerprint density at radius 2 is 1.73 bits per heavy atom. The molecule has 80 valence electrons. The van der Waals surface area contributed by atoms with Gasteiger partial charge in [-0.1, -0.05) is 30.1 Å². The molecule has 1 aliphatic rings. The maximum Gasteiger partial charge on any atom is 2.00 e. The SMILES string of the molecule is [Fe+2].[O-]C(CO)=C1C=CC=C1.c1cc[cH-]c1. The normalized spacial score (nSPS) is 11.7. The second kappa shape index (κ2) is 8.18. The van der Waals surface area contributed by atoms with Crippen molar-refractivity contribution in [2.24, 2.45) is 0 Å². The summed E-state index contributed by atoms with van der Waals surface area (Å²) in [6.07, 6.45) is 6.89. The molecule has 0 saturated carbocycles. The fourth-order valence-electron chi connectivity index (χ4n) is 0.972. The summed E-state index contributed by atoms with van der Waals surface area (Å²) >= 11 is 0. The van der Waals surface area contributed by atoms with Crippen LogP contribution in [0.1, 0.15) is 0 Å². The van der Waals surface area contributed by atoms with Crippen LogP contribution >= 0.6 is 0 Å². The first-order chi connectivity index (χ1) is 6.84. The largest absolute Gasteiger partial charge is 2.00 e. The zero-order chi connectivity index (χ0) is 10.2. The molecule has 0 unspecified atom stereocenters. The van der Waals surface area contributed by atoms with Gasteiger partial charge >= 0.3 is 17.1 Å². The summed E-state index contributed by atoms with van der Waals surface area (Å²) in [6, 6.07) is 10.0. The van der Waals surface area contributed by atoms with Crippen molar-refractivity contribution in [3.05, 3.63) is 66.0 Å². The van der Waals surface area contributed by atoms with E-state index in [0.717, 1.165) is 0 Å². The van der Waals surface area contributed by atoms with Gasteiger partial charge in [-0.15, -0.1) is 0 Å².